The van der Waals surface area contributed by atoms with Crippen LogP contribution < -0.4 is 5.32 Å². The number of hydrogen-bond acceptors (Lipinski definition) is 5. The average molecular weight is 367 g/mol. The van der Waals surface area contributed by atoms with Crippen molar-refractivity contribution >= 4 is 34.8 Å². The Morgan fingerprint density at radius 1 is 1.38 bits per heavy atom. The highest BCUT2D eigenvalue weighted by molar-refractivity contribution is 7.13. The summed E-state index contributed by atoms with van der Waals surface area (Å²) in [6.07, 6.45) is 3.25. The maximum Gasteiger partial charge on any atom is 0.330 e. The number of hydrogen-bond donors (Lipinski definition) is 2. The number of carboxylic acids is 1. The summed E-state index contributed by atoms with van der Waals surface area (Å²) < 4.78 is 5.54. The van der Waals surface area contributed by atoms with E-state index in [1.54, 1.807) is 24.3 Å². The fourth-order valence-electron chi connectivity index (χ4n) is 2.46. The summed E-state index contributed by atoms with van der Waals surface area (Å²) in [5.41, 5.74) is 0.448. The minimum absolute atomic E-state index is 0.0666. The first kappa shape index (κ1) is 16.9. The number of aliphatic carboxylic acids is 1. The molecule has 0 saturated carbocycles. The number of nitrogens with one attached hydrogen (secondary N) is 1. The minimum Gasteiger partial charge on any atom is -0.479 e. The average Bonchev–Trinajstić information content (AvgIpc) is 3.24. The molecule has 0 bridgehead atoms. The van der Waals surface area contributed by atoms with Crippen LogP contribution in [0.4, 0.5) is 0 Å². The zero-order chi connectivity index (χ0) is 17.1. The molecule has 0 radical (unpaired) electrons. The second-order valence-corrected chi connectivity index (χ2v) is 6.86. The van der Waals surface area contributed by atoms with Crippen LogP contribution in [0.3, 0.4) is 0 Å². The molecular formula is C16H15ClN2O4S. The lowest BCUT2D eigenvalue weighted by atomic mass is 10.1. The lowest BCUT2D eigenvalue weighted by Gasteiger charge is -2.14. The monoisotopic (exact) mass is 366 g/mol. The van der Waals surface area contributed by atoms with Gasteiger partial charge in [-0.15, -0.1) is 11.3 Å². The summed E-state index contributed by atoms with van der Waals surface area (Å²) in [7, 11) is 0. The molecule has 0 spiro atoms. The van der Waals surface area contributed by atoms with Crippen LogP contribution >= 0.6 is 22.9 Å². The Balaban J connectivity index is 1.74. The van der Waals surface area contributed by atoms with Crippen molar-refractivity contribution in [3.05, 3.63) is 50.9 Å². The van der Waals surface area contributed by atoms with Crippen LogP contribution in [0.2, 0.25) is 5.02 Å². The topological polar surface area (TPSA) is 88.5 Å². The largest absolute Gasteiger partial charge is 0.479 e. The minimum atomic E-state index is -1.15. The third-order valence-electron chi connectivity index (χ3n) is 3.68. The summed E-state index contributed by atoms with van der Waals surface area (Å²) in [6.45, 7) is 0.698. The van der Waals surface area contributed by atoms with Crippen LogP contribution in [0.15, 0.2) is 30.5 Å². The fraction of sp³-hybridized carbons (Fsp3) is 0.312. The van der Waals surface area contributed by atoms with Gasteiger partial charge in [-0.1, -0.05) is 23.7 Å². The lowest BCUT2D eigenvalue weighted by molar-refractivity contribution is -0.139. The summed E-state index contributed by atoms with van der Waals surface area (Å²) in [6, 6.07) is 5.17. The maximum atomic E-state index is 12.4. The van der Waals surface area contributed by atoms with E-state index in [0.29, 0.717) is 22.1 Å². The number of aromatic nitrogens is 1. The number of rotatable bonds is 5. The van der Waals surface area contributed by atoms with E-state index in [2.05, 4.69) is 10.3 Å². The number of amides is 1. The van der Waals surface area contributed by atoms with Crippen molar-refractivity contribution in [1.82, 2.24) is 10.3 Å². The number of halogens is 1. The molecule has 24 heavy (non-hydrogen) atoms. The number of thiazole rings is 1. The molecule has 8 heteroatoms. The zero-order valence-electron chi connectivity index (χ0n) is 12.6. The Hall–Kier alpha value is -1.96. The van der Waals surface area contributed by atoms with Crippen LogP contribution in [-0.2, 0) is 9.53 Å². The van der Waals surface area contributed by atoms with E-state index in [1.807, 2.05) is 0 Å². The van der Waals surface area contributed by atoms with Crippen molar-refractivity contribution in [3.63, 3.8) is 0 Å². The molecule has 0 aliphatic carbocycles. The molecule has 2 heterocycles. The van der Waals surface area contributed by atoms with Gasteiger partial charge in [-0.2, -0.15) is 0 Å². The Morgan fingerprint density at radius 2 is 2.12 bits per heavy atom. The number of benzene rings is 1. The van der Waals surface area contributed by atoms with E-state index in [0.717, 1.165) is 17.8 Å². The first-order chi connectivity index (χ1) is 11.5. The van der Waals surface area contributed by atoms with Crippen LogP contribution in [0.25, 0.3) is 0 Å². The number of carboxylic acid groups (broad SMARTS) is 1. The van der Waals surface area contributed by atoms with Gasteiger partial charge in [0.15, 0.2) is 6.04 Å². The predicted molar refractivity (Wildman–Crippen MR) is 89.3 cm³/mol. The Bertz CT molecular complexity index is 741. The van der Waals surface area contributed by atoms with E-state index >= 15 is 0 Å². The molecule has 2 N–H and O–H groups in total. The van der Waals surface area contributed by atoms with Crippen molar-refractivity contribution in [1.29, 1.82) is 0 Å². The van der Waals surface area contributed by atoms with Gasteiger partial charge in [-0.25, -0.2) is 9.78 Å². The van der Waals surface area contributed by atoms with E-state index < -0.39 is 17.9 Å². The molecule has 1 fully saturated rings. The molecule has 2 unspecified atom stereocenters. The van der Waals surface area contributed by atoms with Gasteiger partial charge < -0.3 is 15.2 Å². The molecule has 1 aliphatic rings. The second kappa shape index (κ2) is 7.29. The second-order valence-electron chi connectivity index (χ2n) is 5.36. The summed E-state index contributed by atoms with van der Waals surface area (Å²) >= 11 is 7.04. The molecule has 1 saturated heterocycles. The molecule has 1 aliphatic heterocycles. The Kier molecular flexibility index (Phi) is 5.13. The number of carbonyl (C=O) groups excluding carboxylic acids is 1. The summed E-state index contributed by atoms with van der Waals surface area (Å²) in [4.78, 5) is 28.4. The van der Waals surface area contributed by atoms with Crippen molar-refractivity contribution < 1.29 is 19.4 Å². The molecular weight excluding hydrogens is 352 g/mol. The SMILES string of the molecule is O=C(NC(C(=O)O)c1ccc(Cl)cc1)c1cnc(C2CCCO2)s1. The zero-order valence-corrected chi connectivity index (χ0v) is 14.1. The van der Waals surface area contributed by atoms with Crippen LogP contribution in [-0.4, -0.2) is 28.6 Å². The van der Waals surface area contributed by atoms with Crippen molar-refractivity contribution in [2.24, 2.45) is 0 Å². The van der Waals surface area contributed by atoms with Gasteiger partial charge in [-0.05, 0) is 30.5 Å². The summed E-state index contributed by atoms with van der Waals surface area (Å²) in [5.74, 6) is -1.62. The van der Waals surface area contributed by atoms with Gasteiger partial charge in [0.1, 0.15) is 16.0 Å². The molecule has 3 rings (SSSR count). The van der Waals surface area contributed by atoms with E-state index in [4.69, 9.17) is 16.3 Å². The van der Waals surface area contributed by atoms with Crippen molar-refractivity contribution in [2.45, 2.75) is 25.0 Å². The molecule has 1 aromatic heterocycles. The predicted octanol–water partition coefficient (Wildman–Crippen LogP) is 3.20. The molecule has 2 atom stereocenters. The Labute approximate surface area is 147 Å². The first-order valence-electron chi connectivity index (χ1n) is 7.41. The summed E-state index contributed by atoms with van der Waals surface area (Å²) in [5, 5.41) is 13.2. The number of ether oxygens (including phenoxy) is 1. The normalized spacial score (nSPS) is 18.3. The molecule has 1 aromatic carbocycles. The quantitative estimate of drug-likeness (QED) is 0.848. The van der Waals surface area contributed by atoms with Gasteiger partial charge in [0.2, 0.25) is 0 Å². The molecule has 6 nitrogen and oxygen atoms in total. The van der Waals surface area contributed by atoms with Crippen molar-refractivity contribution in [2.75, 3.05) is 6.61 Å². The number of carbonyl (C=O) groups is 2. The highest BCUT2D eigenvalue weighted by Crippen LogP contribution is 2.31. The standard InChI is InChI=1S/C16H15ClN2O4S/c17-10-5-3-9(4-6-10)13(16(21)22)19-14(20)12-8-18-15(24-12)11-2-1-7-23-11/h3-6,8,11,13H,1-2,7H2,(H,19,20)(H,21,22). The van der Waals surface area contributed by atoms with E-state index in [9.17, 15) is 14.7 Å². The van der Waals surface area contributed by atoms with Gasteiger partial charge >= 0.3 is 5.97 Å². The number of nitrogens with zero attached hydrogens (tertiary/aromatic N) is 1. The van der Waals surface area contributed by atoms with Gasteiger partial charge in [-0.3, -0.25) is 4.79 Å². The smallest absolute Gasteiger partial charge is 0.330 e. The molecule has 2 aromatic rings. The highest BCUT2D eigenvalue weighted by Gasteiger charge is 2.26. The van der Waals surface area contributed by atoms with Crippen molar-refractivity contribution in [3.8, 4) is 0 Å². The van der Waals surface area contributed by atoms with Gasteiger partial charge in [0, 0.05) is 11.6 Å². The van der Waals surface area contributed by atoms with Crippen LogP contribution in [0.5, 0.6) is 0 Å². The maximum absolute atomic E-state index is 12.4. The Morgan fingerprint density at radius 3 is 2.75 bits per heavy atom. The first-order valence-corrected chi connectivity index (χ1v) is 8.60. The van der Waals surface area contributed by atoms with Crippen LogP contribution in [0.1, 0.15) is 45.2 Å². The van der Waals surface area contributed by atoms with Gasteiger partial charge in [0.05, 0.1) is 6.20 Å². The molecule has 1 amide bonds. The van der Waals surface area contributed by atoms with Crippen LogP contribution in [0, 0.1) is 0 Å². The highest BCUT2D eigenvalue weighted by atomic mass is 35.5. The van der Waals surface area contributed by atoms with Gasteiger partial charge in [0.25, 0.3) is 5.91 Å². The third-order valence-corrected chi connectivity index (χ3v) is 5.02. The molecule has 126 valence electrons. The van der Waals surface area contributed by atoms with E-state index in [-0.39, 0.29) is 6.10 Å². The third kappa shape index (κ3) is 3.75. The lowest BCUT2D eigenvalue weighted by Crippen LogP contribution is -2.33. The van der Waals surface area contributed by atoms with E-state index in [1.165, 1.54) is 17.5 Å². The fourth-order valence-corrected chi connectivity index (χ4v) is 3.49.